The Morgan fingerprint density at radius 1 is 1.35 bits per heavy atom. The molecular formula is C15H21BrFN3O2S. The lowest BCUT2D eigenvalue weighted by atomic mass is 9.97. The Kier molecular flexibility index (Phi) is 4.94. The van der Waals surface area contributed by atoms with Crippen molar-refractivity contribution in [3.8, 4) is 0 Å². The first kappa shape index (κ1) is 17.1. The second-order valence-corrected chi connectivity index (χ2v) is 9.65. The molecule has 0 amide bonds. The molecule has 0 unspecified atom stereocenters. The lowest BCUT2D eigenvalue weighted by Gasteiger charge is -2.34. The molecule has 0 radical (unpaired) electrons. The van der Waals surface area contributed by atoms with Crippen LogP contribution >= 0.6 is 15.9 Å². The van der Waals surface area contributed by atoms with E-state index in [0.29, 0.717) is 35.8 Å². The third kappa shape index (κ3) is 3.85. The van der Waals surface area contributed by atoms with Crippen molar-refractivity contribution in [2.45, 2.75) is 30.9 Å². The van der Waals surface area contributed by atoms with Crippen LogP contribution in [0.15, 0.2) is 16.7 Å². The zero-order valence-corrected chi connectivity index (χ0v) is 15.5. The van der Waals surface area contributed by atoms with Gasteiger partial charge >= 0.3 is 0 Å². The van der Waals surface area contributed by atoms with Gasteiger partial charge in [0.1, 0.15) is 0 Å². The first-order chi connectivity index (χ1) is 10.9. The molecule has 2 heterocycles. The molecule has 8 heteroatoms. The van der Waals surface area contributed by atoms with Crippen molar-refractivity contribution in [1.29, 1.82) is 0 Å². The van der Waals surface area contributed by atoms with Crippen LogP contribution < -0.4 is 4.90 Å². The van der Waals surface area contributed by atoms with Gasteiger partial charge in [-0.3, -0.25) is 0 Å². The number of anilines is 1. The highest BCUT2D eigenvalue weighted by molar-refractivity contribution is 9.10. The fourth-order valence-corrected chi connectivity index (χ4v) is 5.02. The molecule has 0 atom stereocenters. The molecule has 1 saturated carbocycles. The van der Waals surface area contributed by atoms with Gasteiger partial charge in [0.25, 0.3) is 0 Å². The average Bonchev–Trinajstić information content (AvgIpc) is 3.33. The van der Waals surface area contributed by atoms with Gasteiger partial charge in [0.2, 0.25) is 10.0 Å². The van der Waals surface area contributed by atoms with E-state index in [9.17, 15) is 12.8 Å². The van der Waals surface area contributed by atoms with Gasteiger partial charge in [-0.1, -0.05) is 0 Å². The summed E-state index contributed by atoms with van der Waals surface area (Å²) >= 11 is 3.21. The molecule has 3 rings (SSSR count). The maximum Gasteiger partial charge on any atom is 0.216 e. The maximum absolute atomic E-state index is 14.0. The summed E-state index contributed by atoms with van der Waals surface area (Å²) in [5, 5.41) is -0.159. The van der Waals surface area contributed by atoms with E-state index in [1.54, 1.807) is 13.2 Å². The summed E-state index contributed by atoms with van der Waals surface area (Å²) in [6.07, 6.45) is 4.88. The largest absolute Gasteiger partial charge is 0.354 e. The fraction of sp³-hybridized carbons (Fsp3) is 0.667. The molecule has 0 spiro atoms. The van der Waals surface area contributed by atoms with Gasteiger partial charge < -0.3 is 4.90 Å². The van der Waals surface area contributed by atoms with Gasteiger partial charge in [-0.25, -0.2) is 22.1 Å². The third-order valence-electron chi connectivity index (χ3n) is 4.60. The smallest absolute Gasteiger partial charge is 0.216 e. The van der Waals surface area contributed by atoms with Crippen molar-refractivity contribution in [1.82, 2.24) is 9.29 Å². The van der Waals surface area contributed by atoms with Crippen molar-refractivity contribution < 1.29 is 12.8 Å². The van der Waals surface area contributed by atoms with Crippen LogP contribution in [0.4, 0.5) is 10.2 Å². The quantitative estimate of drug-likeness (QED) is 0.755. The molecule has 5 nitrogen and oxygen atoms in total. The van der Waals surface area contributed by atoms with Crippen LogP contribution in [0.1, 0.15) is 25.7 Å². The Bertz CT molecular complexity index is 673. The molecule has 1 saturated heterocycles. The first-order valence-corrected chi connectivity index (χ1v) is 10.2. The summed E-state index contributed by atoms with van der Waals surface area (Å²) in [4.78, 5) is 6.09. The third-order valence-corrected chi connectivity index (χ3v) is 7.36. The number of piperidine rings is 1. The van der Waals surface area contributed by atoms with Crippen molar-refractivity contribution in [2.24, 2.45) is 5.92 Å². The monoisotopic (exact) mass is 405 g/mol. The molecule has 1 aromatic heterocycles. The summed E-state index contributed by atoms with van der Waals surface area (Å²) in [5.74, 6) is 0.375. The molecule has 0 aromatic carbocycles. The molecule has 1 aliphatic carbocycles. The molecule has 2 aliphatic rings. The van der Waals surface area contributed by atoms with E-state index in [-0.39, 0.29) is 11.1 Å². The SMILES string of the molecule is CN(CC1CCN(c2ncc(Br)cc2F)CC1)S(=O)(=O)C1CC1. The van der Waals surface area contributed by atoms with E-state index in [1.807, 2.05) is 4.90 Å². The standard InChI is InChI=1S/C15H21BrFN3O2S/c1-19(23(21,22)13-2-3-13)10-11-4-6-20(7-5-11)15-14(17)8-12(16)9-18-15/h8-9,11,13H,2-7,10H2,1H3. The Morgan fingerprint density at radius 3 is 2.57 bits per heavy atom. The van der Waals surface area contributed by atoms with Crippen LogP contribution in [-0.4, -0.2) is 49.6 Å². The predicted molar refractivity (Wildman–Crippen MR) is 91.4 cm³/mol. The number of sulfonamides is 1. The van der Waals surface area contributed by atoms with Crippen LogP contribution in [0, 0.1) is 11.7 Å². The van der Waals surface area contributed by atoms with E-state index in [0.717, 1.165) is 25.7 Å². The first-order valence-electron chi connectivity index (χ1n) is 7.89. The van der Waals surface area contributed by atoms with Gasteiger partial charge in [0, 0.05) is 37.4 Å². The number of pyridine rings is 1. The van der Waals surface area contributed by atoms with Crippen molar-refractivity contribution >= 4 is 31.8 Å². The highest BCUT2D eigenvalue weighted by Crippen LogP contribution is 2.32. The highest BCUT2D eigenvalue weighted by atomic mass is 79.9. The number of aromatic nitrogens is 1. The minimum absolute atomic E-state index is 0.159. The number of hydrogen-bond donors (Lipinski definition) is 0. The molecule has 128 valence electrons. The van der Waals surface area contributed by atoms with Gasteiger partial charge in [-0.05, 0) is 53.6 Å². The van der Waals surface area contributed by atoms with Crippen LogP contribution in [0.2, 0.25) is 0 Å². The van der Waals surface area contributed by atoms with Crippen molar-refractivity contribution in [3.63, 3.8) is 0 Å². The minimum Gasteiger partial charge on any atom is -0.354 e. The molecule has 2 fully saturated rings. The van der Waals surface area contributed by atoms with E-state index in [4.69, 9.17) is 0 Å². The van der Waals surface area contributed by atoms with Gasteiger partial charge in [0.05, 0.1) is 5.25 Å². The molecule has 1 aromatic rings. The Labute approximate surface area is 145 Å². The summed E-state index contributed by atoms with van der Waals surface area (Å²) in [5.41, 5.74) is 0. The Hall–Kier alpha value is -0.730. The van der Waals surface area contributed by atoms with E-state index < -0.39 is 10.0 Å². The lowest BCUT2D eigenvalue weighted by Crippen LogP contribution is -2.40. The normalized spacial score (nSPS) is 20.3. The average molecular weight is 406 g/mol. The summed E-state index contributed by atoms with van der Waals surface area (Å²) < 4.78 is 40.5. The highest BCUT2D eigenvalue weighted by Gasteiger charge is 2.39. The summed E-state index contributed by atoms with van der Waals surface area (Å²) in [6.45, 7) is 1.96. The van der Waals surface area contributed by atoms with E-state index in [1.165, 1.54) is 10.4 Å². The number of nitrogens with zero attached hydrogens (tertiary/aromatic N) is 3. The van der Waals surface area contributed by atoms with Crippen LogP contribution in [0.3, 0.4) is 0 Å². The minimum atomic E-state index is -3.10. The fourth-order valence-electron chi connectivity index (χ4n) is 3.06. The van der Waals surface area contributed by atoms with E-state index in [2.05, 4.69) is 20.9 Å². The number of rotatable bonds is 5. The molecular weight excluding hydrogens is 385 g/mol. The van der Waals surface area contributed by atoms with Gasteiger partial charge in [0.15, 0.2) is 11.6 Å². The number of hydrogen-bond acceptors (Lipinski definition) is 4. The predicted octanol–water partition coefficient (Wildman–Crippen LogP) is 2.62. The maximum atomic E-state index is 14.0. The van der Waals surface area contributed by atoms with Crippen LogP contribution in [0.5, 0.6) is 0 Å². The molecule has 0 bridgehead atoms. The molecule has 0 N–H and O–H groups in total. The van der Waals surface area contributed by atoms with Gasteiger partial charge in [-0.15, -0.1) is 0 Å². The Balaban J connectivity index is 1.56. The molecule has 1 aliphatic heterocycles. The summed E-state index contributed by atoms with van der Waals surface area (Å²) in [7, 11) is -1.42. The van der Waals surface area contributed by atoms with Crippen molar-refractivity contribution in [2.75, 3.05) is 31.6 Å². The van der Waals surface area contributed by atoms with Gasteiger partial charge in [-0.2, -0.15) is 0 Å². The molecule has 23 heavy (non-hydrogen) atoms. The summed E-state index contributed by atoms with van der Waals surface area (Å²) in [6, 6.07) is 1.42. The second-order valence-electron chi connectivity index (χ2n) is 6.41. The van der Waals surface area contributed by atoms with Crippen molar-refractivity contribution in [3.05, 3.63) is 22.6 Å². The van der Waals surface area contributed by atoms with E-state index >= 15 is 0 Å². The second kappa shape index (κ2) is 6.64. The zero-order valence-electron chi connectivity index (χ0n) is 13.1. The zero-order chi connectivity index (χ0) is 16.6. The number of halogens is 2. The topological polar surface area (TPSA) is 53.5 Å². The Morgan fingerprint density at radius 2 is 2.00 bits per heavy atom. The van der Waals surface area contributed by atoms with Crippen LogP contribution in [-0.2, 0) is 10.0 Å². The van der Waals surface area contributed by atoms with Crippen LogP contribution in [0.25, 0.3) is 0 Å². The lowest BCUT2D eigenvalue weighted by molar-refractivity contribution is 0.326.